The van der Waals surface area contributed by atoms with Crippen LogP contribution in [0.3, 0.4) is 0 Å². The van der Waals surface area contributed by atoms with Crippen molar-refractivity contribution in [3.05, 3.63) is 0 Å². The Balaban J connectivity index is 1.77. The van der Waals surface area contributed by atoms with E-state index in [0.717, 1.165) is 51.0 Å². The highest BCUT2D eigenvalue weighted by atomic mass is 16.5. The summed E-state index contributed by atoms with van der Waals surface area (Å²) in [4.78, 5) is 18.0. The summed E-state index contributed by atoms with van der Waals surface area (Å²) >= 11 is 0. The Morgan fingerprint density at radius 1 is 1.36 bits per heavy atom. The fourth-order valence-corrected chi connectivity index (χ4v) is 2.89. The van der Waals surface area contributed by atoms with Gasteiger partial charge >= 0.3 is 0 Å². The minimum absolute atomic E-state index is 0.206. The zero-order chi connectivity index (χ0) is 15.8. The first-order valence-corrected chi connectivity index (χ1v) is 8.58. The van der Waals surface area contributed by atoms with Crippen molar-refractivity contribution in [2.75, 3.05) is 39.4 Å². The van der Waals surface area contributed by atoms with Gasteiger partial charge in [0.25, 0.3) is 0 Å². The van der Waals surface area contributed by atoms with E-state index in [-0.39, 0.29) is 5.91 Å². The second-order valence-corrected chi connectivity index (χ2v) is 6.38. The van der Waals surface area contributed by atoms with Gasteiger partial charge in [0.2, 0.25) is 5.91 Å². The van der Waals surface area contributed by atoms with E-state index in [1.165, 1.54) is 12.8 Å². The van der Waals surface area contributed by atoms with Crippen molar-refractivity contribution in [3.8, 4) is 0 Å². The number of nitrogens with two attached hydrogens (primary N) is 1. The van der Waals surface area contributed by atoms with Crippen LogP contribution in [-0.2, 0) is 9.53 Å². The first-order valence-electron chi connectivity index (χ1n) is 8.58. The molecule has 2 aliphatic rings. The molecule has 0 radical (unpaired) electrons. The number of hydrogen-bond donors (Lipinski definition) is 2. The van der Waals surface area contributed by atoms with Gasteiger partial charge in [0.1, 0.15) is 0 Å². The second-order valence-electron chi connectivity index (χ2n) is 6.38. The lowest BCUT2D eigenvalue weighted by Gasteiger charge is -2.34. The molecule has 0 aromatic rings. The molecule has 1 heterocycles. The Kier molecular flexibility index (Phi) is 6.96. The normalized spacial score (nSPS) is 22.7. The molecule has 1 amide bonds. The summed E-state index contributed by atoms with van der Waals surface area (Å²) in [7, 11) is 0. The van der Waals surface area contributed by atoms with Gasteiger partial charge in [-0.05, 0) is 44.4 Å². The van der Waals surface area contributed by atoms with Crippen LogP contribution in [0.5, 0.6) is 0 Å². The molecule has 0 bridgehead atoms. The quantitative estimate of drug-likeness (QED) is 0.398. The summed E-state index contributed by atoms with van der Waals surface area (Å²) in [6.45, 7) is 7.02. The summed E-state index contributed by atoms with van der Waals surface area (Å²) in [6, 6.07) is 0. The SMILES string of the molecule is CCNC(=NCCOCC1CC1)N1CCCC(CC(N)=O)C1. The van der Waals surface area contributed by atoms with Crippen molar-refractivity contribution < 1.29 is 9.53 Å². The van der Waals surface area contributed by atoms with E-state index in [2.05, 4.69) is 22.1 Å². The number of carbonyl (C=O) groups excluding carboxylic acids is 1. The predicted octanol–water partition coefficient (Wildman–Crippen LogP) is 0.966. The zero-order valence-corrected chi connectivity index (χ0v) is 13.7. The number of rotatable bonds is 8. The molecule has 0 spiro atoms. The van der Waals surface area contributed by atoms with Gasteiger partial charge in [-0.3, -0.25) is 9.79 Å². The molecule has 22 heavy (non-hydrogen) atoms. The summed E-state index contributed by atoms with van der Waals surface area (Å²) in [5.41, 5.74) is 5.33. The molecule has 1 saturated heterocycles. The predicted molar refractivity (Wildman–Crippen MR) is 87.6 cm³/mol. The highest BCUT2D eigenvalue weighted by Crippen LogP contribution is 2.28. The number of nitrogens with one attached hydrogen (secondary N) is 1. The summed E-state index contributed by atoms with van der Waals surface area (Å²) in [6.07, 6.45) is 5.27. The van der Waals surface area contributed by atoms with Crippen LogP contribution < -0.4 is 11.1 Å². The van der Waals surface area contributed by atoms with Crippen molar-refractivity contribution in [1.29, 1.82) is 0 Å². The minimum Gasteiger partial charge on any atom is -0.379 e. The van der Waals surface area contributed by atoms with E-state index in [0.29, 0.717) is 25.5 Å². The van der Waals surface area contributed by atoms with E-state index < -0.39 is 0 Å². The van der Waals surface area contributed by atoms with E-state index in [1.54, 1.807) is 0 Å². The molecule has 1 aliphatic heterocycles. The van der Waals surface area contributed by atoms with Crippen molar-refractivity contribution >= 4 is 11.9 Å². The van der Waals surface area contributed by atoms with Crippen LogP contribution in [-0.4, -0.2) is 56.2 Å². The Labute approximate surface area is 133 Å². The van der Waals surface area contributed by atoms with Crippen LogP contribution in [0.15, 0.2) is 4.99 Å². The first kappa shape index (κ1) is 17.1. The smallest absolute Gasteiger partial charge is 0.217 e. The number of piperidine rings is 1. The van der Waals surface area contributed by atoms with Gasteiger partial charge in [-0.1, -0.05) is 0 Å². The maximum atomic E-state index is 11.1. The van der Waals surface area contributed by atoms with E-state index in [4.69, 9.17) is 10.5 Å². The lowest BCUT2D eigenvalue weighted by Crippen LogP contribution is -2.47. The molecule has 1 aliphatic carbocycles. The largest absolute Gasteiger partial charge is 0.379 e. The van der Waals surface area contributed by atoms with Gasteiger partial charge < -0.3 is 20.7 Å². The van der Waals surface area contributed by atoms with Gasteiger partial charge in [-0.2, -0.15) is 0 Å². The number of likely N-dealkylation sites (tertiary alicyclic amines) is 1. The molecule has 126 valence electrons. The molecular weight excluding hydrogens is 280 g/mol. The van der Waals surface area contributed by atoms with Gasteiger partial charge in [-0.25, -0.2) is 0 Å². The lowest BCUT2D eigenvalue weighted by atomic mass is 9.95. The zero-order valence-electron chi connectivity index (χ0n) is 13.7. The Morgan fingerprint density at radius 3 is 2.86 bits per heavy atom. The number of amides is 1. The number of ether oxygens (including phenoxy) is 1. The summed E-state index contributed by atoms with van der Waals surface area (Å²) in [5.74, 6) is 1.88. The minimum atomic E-state index is -0.206. The van der Waals surface area contributed by atoms with Crippen molar-refractivity contribution in [1.82, 2.24) is 10.2 Å². The number of hydrogen-bond acceptors (Lipinski definition) is 3. The number of carbonyl (C=O) groups is 1. The summed E-state index contributed by atoms with van der Waals surface area (Å²) in [5, 5.41) is 3.34. The van der Waals surface area contributed by atoms with Crippen LogP contribution in [0.4, 0.5) is 0 Å². The highest BCUT2D eigenvalue weighted by molar-refractivity contribution is 5.80. The fourth-order valence-electron chi connectivity index (χ4n) is 2.89. The van der Waals surface area contributed by atoms with E-state index in [1.807, 2.05) is 0 Å². The monoisotopic (exact) mass is 310 g/mol. The fraction of sp³-hybridized carbons (Fsp3) is 0.875. The van der Waals surface area contributed by atoms with E-state index >= 15 is 0 Å². The number of guanidine groups is 1. The standard InChI is InChI=1S/C16H30N4O2/c1-2-18-16(19-7-9-22-12-13-5-6-13)20-8-3-4-14(11-20)10-15(17)21/h13-14H,2-12H2,1H3,(H2,17,21)(H,18,19). The third-order valence-corrected chi connectivity index (χ3v) is 4.19. The van der Waals surface area contributed by atoms with Crippen molar-refractivity contribution in [3.63, 3.8) is 0 Å². The molecule has 6 nitrogen and oxygen atoms in total. The van der Waals surface area contributed by atoms with Gasteiger partial charge in [0.05, 0.1) is 13.2 Å². The van der Waals surface area contributed by atoms with Crippen LogP contribution in [0.1, 0.15) is 39.0 Å². The molecule has 1 saturated carbocycles. The van der Waals surface area contributed by atoms with Gasteiger partial charge in [0.15, 0.2) is 5.96 Å². The summed E-state index contributed by atoms with van der Waals surface area (Å²) < 4.78 is 5.63. The van der Waals surface area contributed by atoms with Crippen LogP contribution in [0.2, 0.25) is 0 Å². The average molecular weight is 310 g/mol. The van der Waals surface area contributed by atoms with Crippen LogP contribution in [0, 0.1) is 11.8 Å². The highest BCUT2D eigenvalue weighted by Gasteiger charge is 2.23. The first-order chi connectivity index (χ1) is 10.7. The van der Waals surface area contributed by atoms with Crippen molar-refractivity contribution in [2.45, 2.75) is 39.0 Å². The molecule has 0 aromatic carbocycles. The number of nitrogens with zero attached hydrogens (tertiary/aromatic N) is 2. The maximum Gasteiger partial charge on any atom is 0.217 e. The molecule has 3 N–H and O–H groups in total. The molecule has 6 heteroatoms. The Morgan fingerprint density at radius 2 is 2.18 bits per heavy atom. The van der Waals surface area contributed by atoms with E-state index in [9.17, 15) is 4.79 Å². The molecule has 2 fully saturated rings. The third-order valence-electron chi connectivity index (χ3n) is 4.19. The molecule has 0 aromatic heterocycles. The van der Waals surface area contributed by atoms with Crippen molar-refractivity contribution in [2.24, 2.45) is 22.6 Å². The topological polar surface area (TPSA) is 80.0 Å². The van der Waals surface area contributed by atoms with Crippen LogP contribution >= 0.6 is 0 Å². The second kappa shape index (κ2) is 8.98. The Bertz CT molecular complexity index is 382. The third kappa shape index (κ3) is 6.22. The maximum absolute atomic E-state index is 11.1. The molecule has 2 rings (SSSR count). The molecule has 1 unspecified atom stereocenters. The molecular formula is C16H30N4O2. The number of aliphatic imine (C=N–C) groups is 1. The average Bonchev–Trinajstić information content (AvgIpc) is 3.29. The lowest BCUT2D eigenvalue weighted by molar-refractivity contribution is -0.119. The van der Waals surface area contributed by atoms with Gasteiger partial charge in [-0.15, -0.1) is 0 Å². The van der Waals surface area contributed by atoms with Gasteiger partial charge in [0, 0.05) is 32.7 Å². The number of primary amides is 1. The Hall–Kier alpha value is -1.30. The molecule has 1 atom stereocenters. The van der Waals surface area contributed by atoms with Crippen LogP contribution in [0.25, 0.3) is 0 Å².